The van der Waals surface area contributed by atoms with Crippen molar-refractivity contribution < 1.29 is 14.4 Å². The number of rotatable bonds is 3. The lowest BCUT2D eigenvalue weighted by Gasteiger charge is -2.29. The van der Waals surface area contributed by atoms with Gasteiger partial charge in [-0.05, 0) is 37.0 Å². The van der Waals surface area contributed by atoms with E-state index in [1.54, 1.807) is 29.3 Å². The second-order valence-electron chi connectivity index (χ2n) is 7.39. The third-order valence-corrected chi connectivity index (χ3v) is 5.48. The number of hydrazine groups is 1. The van der Waals surface area contributed by atoms with Crippen molar-refractivity contribution in [1.82, 2.24) is 10.3 Å². The number of nitrogen functional groups attached to an aromatic ring is 1. The molecule has 0 radical (unpaired) electrons. The number of nitrogens with zero attached hydrogens (tertiary/aromatic N) is 2. The van der Waals surface area contributed by atoms with E-state index in [1.165, 1.54) is 4.90 Å². The molecule has 0 aromatic heterocycles. The maximum Gasteiger partial charge on any atom is 0.259 e. The molecule has 1 aromatic rings. The Bertz CT molecular complexity index is 907. The molecule has 3 aliphatic heterocycles. The number of piperidine rings is 1. The van der Waals surface area contributed by atoms with Gasteiger partial charge in [0.05, 0.1) is 11.3 Å². The molecule has 2 saturated heterocycles. The molecule has 2 unspecified atom stereocenters. The van der Waals surface area contributed by atoms with Crippen molar-refractivity contribution in [3.05, 3.63) is 42.0 Å². The lowest BCUT2D eigenvalue weighted by molar-refractivity contribution is -0.135. The molecule has 0 aliphatic carbocycles. The zero-order valence-corrected chi connectivity index (χ0v) is 15.4. The maximum atomic E-state index is 13.2. The van der Waals surface area contributed by atoms with E-state index in [9.17, 15) is 14.4 Å². The molecular formula is C20H23N5O3. The minimum Gasteiger partial charge on any atom is -0.398 e. The standard InChI is InChI=1S/C20H23N5O3/c21-14-5-2-6-15-18(14)13(4-1-3-12-9-10-24(22)11-12)20(28)25(15)16-7-8-17(26)23-19(16)27/h1-6,12,16H,7-11,21-22H2,(H,23,26,27)/b3-1+,13-4+. The fourth-order valence-corrected chi connectivity index (χ4v) is 4.07. The summed E-state index contributed by atoms with van der Waals surface area (Å²) in [6.07, 6.45) is 7.13. The Kier molecular flexibility index (Phi) is 4.74. The molecule has 3 heterocycles. The monoisotopic (exact) mass is 381 g/mol. The van der Waals surface area contributed by atoms with Crippen LogP contribution in [-0.2, 0) is 14.4 Å². The smallest absolute Gasteiger partial charge is 0.259 e. The molecule has 0 spiro atoms. The molecule has 5 N–H and O–H groups in total. The lowest BCUT2D eigenvalue weighted by Crippen LogP contribution is -2.53. The van der Waals surface area contributed by atoms with Crippen LogP contribution in [0.3, 0.4) is 0 Å². The van der Waals surface area contributed by atoms with Gasteiger partial charge >= 0.3 is 0 Å². The molecule has 1 aromatic carbocycles. The van der Waals surface area contributed by atoms with Crippen molar-refractivity contribution in [2.24, 2.45) is 11.8 Å². The minimum atomic E-state index is -0.721. The van der Waals surface area contributed by atoms with Gasteiger partial charge in [-0.2, -0.15) is 0 Å². The Balaban J connectivity index is 1.66. The van der Waals surface area contributed by atoms with E-state index in [-0.39, 0.29) is 18.2 Å². The summed E-state index contributed by atoms with van der Waals surface area (Å²) < 4.78 is 0. The van der Waals surface area contributed by atoms with Gasteiger partial charge in [0.15, 0.2) is 0 Å². The Morgan fingerprint density at radius 2 is 2.00 bits per heavy atom. The van der Waals surface area contributed by atoms with Crippen molar-refractivity contribution in [2.45, 2.75) is 25.3 Å². The second kappa shape index (κ2) is 7.21. The van der Waals surface area contributed by atoms with Gasteiger partial charge in [0.25, 0.3) is 5.91 Å². The number of carbonyl (C=O) groups excluding carboxylic acids is 3. The number of nitrogens with two attached hydrogens (primary N) is 2. The largest absolute Gasteiger partial charge is 0.398 e. The van der Waals surface area contributed by atoms with Gasteiger partial charge in [0.1, 0.15) is 6.04 Å². The predicted octanol–water partition coefficient (Wildman–Crippen LogP) is 0.556. The Morgan fingerprint density at radius 1 is 1.18 bits per heavy atom. The molecule has 4 rings (SSSR count). The molecule has 3 amide bonds. The van der Waals surface area contributed by atoms with Gasteiger partial charge in [-0.1, -0.05) is 18.2 Å². The first-order valence-corrected chi connectivity index (χ1v) is 9.40. The van der Waals surface area contributed by atoms with Crippen LogP contribution in [-0.4, -0.2) is 41.9 Å². The highest BCUT2D eigenvalue weighted by Crippen LogP contribution is 2.42. The van der Waals surface area contributed by atoms with Gasteiger partial charge in [0, 0.05) is 30.8 Å². The van der Waals surface area contributed by atoms with Crippen LogP contribution < -0.4 is 21.8 Å². The molecule has 0 bridgehead atoms. The van der Waals surface area contributed by atoms with Gasteiger partial charge in [-0.3, -0.25) is 30.4 Å². The average molecular weight is 381 g/mol. The summed E-state index contributed by atoms with van der Waals surface area (Å²) in [6.45, 7) is 1.64. The van der Waals surface area contributed by atoms with Crippen molar-refractivity contribution >= 4 is 34.7 Å². The predicted molar refractivity (Wildman–Crippen MR) is 105 cm³/mol. The summed E-state index contributed by atoms with van der Waals surface area (Å²) in [4.78, 5) is 38.5. The van der Waals surface area contributed by atoms with Crippen molar-refractivity contribution in [3.63, 3.8) is 0 Å². The summed E-state index contributed by atoms with van der Waals surface area (Å²) in [7, 11) is 0. The molecule has 2 atom stereocenters. The van der Waals surface area contributed by atoms with Gasteiger partial charge in [-0.25, -0.2) is 5.01 Å². The Labute approximate surface area is 162 Å². The average Bonchev–Trinajstić information content (AvgIpc) is 3.18. The number of amides is 3. The molecule has 28 heavy (non-hydrogen) atoms. The van der Waals surface area contributed by atoms with Crippen LogP contribution in [0, 0.1) is 5.92 Å². The van der Waals surface area contributed by atoms with E-state index in [1.807, 2.05) is 12.2 Å². The molecular weight excluding hydrogens is 358 g/mol. The topological polar surface area (TPSA) is 122 Å². The normalized spacial score (nSPS) is 27.1. The number of allylic oxidation sites excluding steroid dienone is 2. The molecule has 146 valence electrons. The van der Waals surface area contributed by atoms with E-state index < -0.39 is 11.9 Å². The van der Waals surface area contributed by atoms with E-state index in [4.69, 9.17) is 11.6 Å². The molecule has 0 saturated carbocycles. The number of hydrogen-bond acceptors (Lipinski definition) is 6. The number of imide groups is 1. The summed E-state index contributed by atoms with van der Waals surface area (Å²) in [5, 5.41) is 4.10. The summed E-state index contributed by atoms with van der Waals surface area (Å²) in [6, 6.07) is 4.55. The van der Waals surface area contributed by atoms with Gasteiger partial charge < -0.3 is 5.73 Å². The van der Waals surface area contributed by atoms with Crippen LogP contribution in [0.15, 0.2) is 36.4 Å². The van der Waals surface area contributed by atoms with Crippen molar-refractivity contribution in [1.29, 1.82) is 0 Å². The quantitative estimate of drug-likeness (QED) is 0.304. The minimum absolute atomic E-state index is 0.202. The fourth-order valence-electron chi connectivity index (χ4n) is 4.07. The van der Waals surface area contributed by atoms with Gasteiger partial charge in [-0.15, -0.1) is 0 Å². The van der Waals surface area contributed by atoms with E-state index in [2.05, 4.69) is 5.32 Å². The van der Waals surface area contributed by atoms with Crippen LogP contribution in [0.2, 0.25) is 0 Å². The van der Waals surface area contributed by atoms with Crippen LogP contribution in [0.25, 0.3) is 5.57 Å². The van der Waals surface area contributed by atoms with Crippen LogP contribution >= 0.6 is 0 Å². The third kappa shape index (κ3) is 3.21. The van der Waals surface area contributed by atoms with Crippen molar-refractivity contribution in [2.75, 3.05) is 23.7 Å². The van der Waals surface area contributed by atoms with E-state index in [0.29, 0.717) is 34.9 Å². The number of carbonyl (C=O) groups is 3. The number of nitrogens with one attached hydrogen (secondary N) is 1. The maximum absolute atomic E-state index is 13.2. The number of benzene rings is 1. The Hall–Kier alpha value is -2.97. The Morgan fingerprint density at radius 3 is 2.71 bits per heavy atom. The first-order valence-electron chi connectivity index (χ1n) is 9.40. The van der Waals surface area contributed by atoms with Crippen LogP contribution in [0.5, 0.6) is 0 Å². The zero-order chi connectivity index (χ0) is 19.8. The summed E-state index contributed by atoms with van der Waals surface area (Å²) >= 11 is 0. The zero-order valence-electron chi connectivity index (χ0n) is 15.4. The SMILES string of the molecule is Nc1cccc2c1/C(=C\C=C\C1CCN(N)C1)C(=O)N2C1CCC(=O)NC1=O. The lowest BCUT2D eigenvalue weighted by atomic mass is 10.0. The molecule has 2 fully saturated rings. The highest BCUT2D eigenvalue weighted by molar-refractivity contribution is 6.35. The number of fused-ring (bicyclic) bond motifs is 1. The second-order valence-corrected chi connectivity index (χ2v) is 7.39. The summed E-state index contributed by atoms with van der Waals surface area (Å²) in [5.41, 5.74) is 8.34. The van der Waals surface area contributed by atoms with Crippen LogP contribution in [0.1, 0.15) is 24.8 Å². The fraction of sp³-hybridized carbons (Fsp3) is 0.350. The molecule has 8 nitrogen and oxygen atoms in total. The first-order chi connectivity index (χ1) is 13.5. The third-order valence-electron chi connectivity index (χ3n) is 5.48. The highest BCUT2D eigenvalue weighted by Gasteiger charge is 2.42. The summed E-state index contributed by atoms with van der Waals surface area (Å²) in [5.74, 6) is 5.09. The first kappa shape index (κ1) is 18.4. The molecule has 8 heteroatoms. The highest BCUT2D eigenvalue weighted by atomic mass is 16.2. The van der Waals surface area contributed by atoms with Crippen molar-refractivity contribution in [3.8, 4) is 0 Å². The number of hydrogen-bond donors (Lipinski definition) is 3. The molecule has 3 aliphatic rings. The van der Waals surface area contributed by atoms with Crippen LogP contribution in [0.4, 0.5) is 11.4 Å². The van der Waals surface area contributed by atoms with E-state index in [0.717, 1.165) is 19.5 Å². The number of anilines is 2. The van der Waals surface area contributed by atoms with Gasteiger partial charge in [0.2, 0.25) is 11.8 Å². The van der Waals surface area contributed by atoms with E-state index >= 15 is 0 Å².